The second-order valence-corrected chi connectivity index (χ2v) is 11.6. The maximum absolute atomic E-state index is 13.8. The molecule has 6 rings (SSSR count). The van der Waals surface area contributed by atoms with Crippen molar-refractivity contribution in [2.75, 3.05) is 37.7 Å². The zero-order valence-corrected chi connectivity index (χ0v) is 22.3. The summed E-state index contributed by atoms with van der Waals surface area (Å²) in [4.78, 5) is 15.4. The highest BCUT2D eigenvalue weighted by atomic mass is 32.2. The van der Waals surface area contributed by atoms with Gasteiger partial charge in [-0.25, -0.2) is 12.8 Å². The van der Waals surface area contributed by atoms with Gasteiger partial charge in [-0.15, -0.1) is 0 Å². The van der Waals surface area contributed by atoms with Crippen LogP contribution in [0.5, 0.6) is 0 Å². The Kier molecular flexibility index (Phi) is 6.58. The number of rotatable bonds is 6. The van der Waals surface area contributed by atoms with Gasteiger partial charge in [0.1, 0.15) is 5.82 Å². The molecule has 200 valence electrons. The first-order chi connectivity index (χ1) is 18.9. The number of hydrogen-bond acceptors (Lipinski definition) is 4. The molecule has 7 nitrogen and oxygen atoms in total. The molecular weight excluding hydrogens is 517 g/mol. The first-order valence-electron chi connectivity index (χ1n) is 12.9. The van der Waals surface area contributed by atoms with Crippen LogP contribution in [0, 0.1) is 5.82 Å². The summed E-state index contributed by atoms with van der Waals surface area (Å²) >= 11 is 0. The van der Waals surface area contributed by atoms with Gasteiger partial charge in [0.2, 0.25) is 10.0 Å². The largest absolute Gasteiger partial charge is 0.379 e. The third-order valence-corrected chi connectivity index (χ3v) is 9.20. The number of anilines is 1. The van der Waals surface area contributed by atoms with Crippen molar-refractivity contribution in [1.29, 1.82) is 0 Å². The lowest BCUT2D eigenvalue weighted by molar-refractivity contribution is -0.112. The monoisotopic (exact) mass is 545 g/mol. The predicted octanol–water partition coefficient (Wildman–Crippen LogP) is 4.76. The van der Waals surface area contributed by atoms with Gasteiger partial charge >= 0.3 is 0 Å². The summed E-state index contributed by atoms with van der Waals surface area (Å²) < 4.78 is 49.4. The summed E-state index contributed by atoms with van der Waals surface area (Å²) in [6.07, 6.45) is 3.80. The van der Waals surface area contributed by atoms with Crippen LogP contribution < -0.4 is 4.90 Å². The molecule has 1 aromatic heterocycles. The molecule has 0 radical (unpaired) electrons. The van der Waals surface area contributed by atoms with E-state index in [9.17, 15) is 17.6 Å². The maximum atomic E-state index is 13.8. The van der Waals surface area contributed by atoms with Gasteiger partial charge in [0.15, 0.2) is 0 Å². The number of nitrogens with zero attached hydrogens (tertiary/aromatic N) is 3. The molecule has 0 bridgehead atoms. The van der Waals surface area contributed by atoms with Gasteiger partial charge in [-0.2, -0.15) is 4.31 Å². The van der Waals surface area contributed by atoms with Crippen LogP contribution in [0.15, 0.2) is 77.8 Å². The average molecular weight is 546 g/mol. The van der Waals surface area contributed by atoms with Crippen LogP contribution in [0.2, 0.25) is 0 Å². The van der Waals surface area contributed by atoms with Crippen molar-refractivity contribution in [3.05, 3.63) is 95.4 Å². The molecule has 39 heavy (non-hydrogen) atoms. The third-order valence-electron chi connectivity index (χ3n) is 7.31. The SMILES string of the molecule is CCN1C(=O)C(=Cc2cn(Cc3cccc(F)c3)c3ccccc23)c2cc(S(=O)(=O)N3CCOCC3)ccc21. The first-order valence-corrected chi connectivity index (χ1v) is 14.4. The number of amides is 1. The van der Waals surface area contributed by atoms with E-state index < -0.39 is 10.0 Å². The molecule has 0 spiro atoms. The fraction of sp³-hybridized carbons (Fsp3) is 0.233. The number of aromatic nitrogens is 1. The van der Waals surface area contributed by atoms with Crippen molar-refractivity contribution in [3.8, 4) is 0 Å². The van der Waals surface area contributed by atoms with Crippen LogP contribution in [0.1, 0.15) is 23.6 Å². The Morgan fingerprint density at radius 3 is 2.56 bits per heavy atom. The standard InChI is InChI=1S/C30H28FN3O4S/c1-2-34-29-11-10-24(39(36,37)33-12-14-38-15-13-33)18-26(29)27(30(34)35)17-22-20-32(28-9-4-3-8-25(22)28)19-21-6-5-7-23(31)16-21/h3-11,16-18,20H,2,12-15,19H2,1H3. The highest BCUT2D eigenvalue weighted by Gasteiger charge is 2.34. The van der Waals surface area contributed by atoms with Crippen molar-refractivity contribution < 1.29 is 22.3 Å². The summed E-state index contributed by atoms with van der Waals surface area (Å²) in [6, 6.07) is 19.3. The number of benzene rings is 3. The van der Waals surface area contributed by atoms with Gasteiger partial charge in [-0.1, -0.05) is 30.3 Å². The molecule has 3 heterocycles. The van der Waals surface area contributed by atoms with Crippen LogP contribution in [0.4, 0.5) is 10.1 Å². The van der Waals surface area contributed by atoms with Gasteiger partial charge in [0.25, 0.3) is 5.91 Å². The number of likely N-dealkylation sites (N-methyl/N-ethyl adjacent to an activating group) is 1. The number of para-hydroxylation sites is 1. The minimum absolute atomic E-state index is 0.160. The van der Waals surface area contributed by atoms with Crippen molar-refractivity contribution in [1.82, 2.24) is 8.87 Å². The topological polar surface area (TPSA) is 71.9 Å². The molecular formula is C30H28FN3O4S. The highest BCUT2D eigenvalue weighted by molar-refractivity contribution is 7.89. The number of sulfonamides is 1. The predicted molar refractivity (Wildman–Crippen MR) is 149 cm³/mol. The Hall–Kier alpha value is -3.79. The molecule has 9 heteroatoms. The van der Waals surface area contributed by atoms with Gasteiger partial charge in [-0.05, 0) is 55.0 Å². The fourth-order valence-corrected chi connectivity index (χ4v) is 6.83. The average Bonchev–Trinajstić information content (AvgIpc) is 3.42. The Bertz CT molecular complexity index is 1720. The molecule has 4 aromatic rings. The summed E-state index contributed by atoms with van der Waals surface area (Å²) in [7, 11) is -3.73. The first kappa shape index (κ1) is 25.5. The minimum atomic E-state index is -3.73. The second kappa shape index (κ2) is 10.1. The minimum Gasteiger partial charge on any atom is -0.379 e. The zero-order chi connectivity index (χ0) is 27.1. The van der Waals surface area contributed by atoms with E-state index in [0.717, 1.165) is 22.0 Å². The van der Waals surface area contributed by atoms with Crippen molar-refractivity contribution in [2.24, 2.45) is 0 Å². The molecule has 0 aliphatic carbocycles. The maximum Gasteiger partial charge on any atom is 0.258 e. The summed E-state index contributed by atoms with van der Waals surface area (Å²) in [5, 5.41) is 0.947. The van der Waals surface area contributed by atoms with Crippen LogP contribution >= 0.6 is 0 Å². The van der Waals surface area contributed by atoms with Gasteiger partial charge in [0.05, 0.1) is 23.8 Å². The summed E-state index contributed by atoms with van der Waals surface area (Å²) in [5.74, 6) is -0.461. The summed E-state index contributed by atoms with van der Waals surface area (Å²) in [6.45, 7) is 4.14. The van der Waals surface area contributed by atoms with Gasteiger partial charge in [-0.3, -0.25) is 4.79 Å². The number of halogens is 1. The quantitative estimate of drug-likeness (QED) is 0.328. The van der Waals surface area contributed by atoms with Gasteiger partial charge in [0, 0.05) is 60.0 Å². The smallest absolute Gasteiger partial charge is 0.258 e. The third kappa shape index (κ3) is 4.56. The van der Waals surface area contributed by atoms with Crippen molar-refractivity contribution in [3.63, 3.8) is 0 Å². The van der Waals surface area contributed by atoms with E-state index in [2.05, 4.69) is 0 Å². The van der Waals surface area contributed by atoms with Crippen molar-refractivity contribution in [2.45, 2.75) is 18.4 Å². The molecule has 0 unspecified atom stereocenters. The Labute approximate surface area is 226 Å². The summed E-state index contributed by atoms with van der Waals surface area (Å²) in [5.41, 5.74) is 4.34. The van der Waals surface area contributed by atoms with Crippen LogP contribution in [-0.4, -0.2) is 56.0 Å². The Balaban J connectivity index is 1.45. The zero-order valence-electron chi connectivity index (χ0n) is 21.5. The molecule has 0 N–H and O–H groups in total. The molecule has 0 saturated carbocycles. The molecule has 2 aliphatic rings. The molecule has 0 atom stereocenters. The van der Waals surface area contributed by atoms with E-state index in [1.54, 1.807) is 29.2 Å². The number of ether oxygens (including phenoxy) is 1. The van der Waals surface area contributed by atoms with Crippen LogP contribution in [0.25, 0.3) is 22.6 Å². The lowest BCUT2D eigenvalue weighted by Crippen LogP contribution is -2.40. The second-order valence-electron chi connectivity index (χ2n) is 9.66. The molecule has 2 aliphatic heterocycles. The van der Waals surface area contributed by atoms with E-state index in [0.29, 0.717) is 56.2 Å². The van der Waals surface area contributed by atoms with Crippen LogP contribution in [0.3, 0.4) is 0 Å². The Morgan fingerprint density at radius 2 is 1.79 bits per heavy atom. The number of carbonyl (C=O) groups is 1. The lowest BCUT2D eigenvalue weighted by Gasteiger charge is -2.26. The van der Waals surface area contributed by atoms with E-state index in [-0.39, 0.29) is 16.6 Å². The lowest BCUT2D eigenvalue weighted by atomic mass is 10.0. The highest BCUT2D eigenvalue weighted by Crippen LogP contribution is 2.40. The molecule has 1 amide bonds. The van der Waals surface area contributed by atoms with E-state index in [1.807, 2.05) is 54.1 Å². The van der Waals surface area contributed by atoms with Gasteiger partial charge < -0.3 is 14.2 Å². The number of hydrogen-bond donors (Lipinski definition) is 0. The van der Waals surface area contributed by atoms with E-state index in [1.165, 1.54) is 16.4 Å². The number of fused-ring (bicyclic) bond motifs is 2. The normalized spacial score (nSPS) is 17.3. The fourth-order valence-electron chi connectivity index (χ4n) is 5.39. The molecule has 1 saturated heterocycles. The number of morpholine rings is 1. The van der Waals surface area contributed by atoms with Crippen LogP contribution in [-0.2, 0) is 26.1 Å². The van der Waals surface area contributed by atoms with E-state index >= 15 is 0 Å². The van der Waals surface area contributed by atoms with Crippen molar-refractivity contribution >= 4 is 44.2 Å². The number of carbonyl (C=O) groups excluding carboxylic acids is 1. The van der Waals surface area contributed by atoms with E-state index in [4.69, 9.17) is 4.74 Å². The molecule has 1 fully saturated rings. The molecule has 3 aromatic carbocycles. The Morgan fingerprint density at radius 1 is 1.00 bits per heavy atom.